The largest absolute Gasteiger partial charge is 0.381 e. The summed E-state index contributed by atoms with van der Waals surface area (Å²) < 4.78 is 5.34. The van der Waals surface area contributed by atoms with Gasteiger partial charge in [0.2, 0.25) is 0 Å². The predicted molar refractivity (Wildman–Crippen MR) is 83.4 cm³/mol. The molecule has 3 N–H and O–H groups in total. The average Bonchev–Trinajstić information content (AvgIpc) is 2.48. The lowest BCUT2D eigenvalue weighted by molar-refractivity contribution is 0.0904. The minimum Gasteiger partial charge on any atom is -0.381 e. The summed E-state index contributed by atoms with van der Waals surface area (Å²) in [6.07, 6.45) is 4.64. The van der Waals surface area contributed by atoms with Crippen molar-refractivity contribution in [3.8, 4) is 0 Å². The van der Waals surface area contributed by atoms with Crippen LogP contribution >= 0.6 is 0 Å². The SMILES string of the molecule is CCC(C)Cc1nc(NC2CCOCC2)c(C=N)c(=O)[nH]1. The van der Waals surface area contributed by atoms with E-state index >= 15 is 0 Å². The molecule has 1 aromatic heterocycles. The van der Waals surface area contributed by atoms with E-state index in [9.17, 15) is 4.79 Å². The van der Waals surface area contributed by atoms with E-state index in [1.54, 1.807) is 0 Å². The van der Waals surface area contributed by atoms with Gasteiger partial charge >= 0.3 is 0 Å². The maximum Gasteiger partial charge on any atom is 0.261 e. The number of hydrogen-bond acceptors (Lipinski definition) is 5. The van der Waals surface area contributed by atoms with Gasteiger partial charge in [-0.05, 0) is 18.8 Å². The van der Waals surface area contributed by atoms with Crippen LogP contribution in [0.5, 0.6) is 0 Å². The summed E-state index contributed by atoms with van der Waals surface area (Å²) in [5, 5.41) is 10.8. The van der Waals surface area contributed by atoms with E-state index in [4.69, 9.17) is 10.1 Å². The molecule has 0 radical (unpaired) electrons. The number of H-pyrrole nitrogens is 1. The summed E-state index contributed by atoms with van der Waals surface area (Å²) in [6, 6.07) is 0.253. The fourth-order valence-electron chi connectivity index (χ4n) is 2.38. The van der Waals surface area contributed by atoms with E-state index in [0.29, 0.717) is 23.1 Å². The Labute approximate surface area is 124 Å². The van der Waals surface area contributed by atoms with Gasteiger partial charge < -0.3 is 20.4 Å². The normalized spacial score (nSPS) is 17.4. The van der Waals surface area contributed by atoms with Crippen LogP contribution in [-0.4, -0.2) is 35.4 Å². The van der Waals surface area contributed by atoms with Crippen molar-refractivity contribution in [3.05, 3.63) is 21.7 Å². The Bertz CT molecular complexity index is 535. The standard InChI is InChI=1S/C15H24N4O2/c1-3-10(2)8-13-18-14(12(9-16)15(20)19-13)17-11-4-6-21-7-5-11/h9-11,16H,3-8H2,1-2H3,(H2,17,18,19,20). The third-order valence-corrected chi connectivity index (χ3v) is 3.95. The Balaban J connectivity index is 2.23. The monoisotopic (exact) mass is 292 g/mol. The molecular weight excluding hydrogens is 268 g/mol. The van der Waals surface area contributed by atoms with Crippen molar-refractivity contribution in [2.45, 2.75) is 45.6 Å². The summed E-state index contributed by atoms with van der Waals surface area (Å²) in [5.74, 6) is 1.68. The molecule has 2 heterocycles. The fraction of sp³-hybridized carbons (Fsp3) is 0.667. The summed E-state index contributed by atoms with van der Waals surface area (Å²) in [6.45, 7) is 5.70. The first-order chi connectivity index (χ1) is 10.1. The highest BCUT2D eigenvalue weighted by molar-refractivity contribution is 5.83. The molecule has 1 atom stereocenters. The maximum absolute atomic E-state index is 12.1. The molecule has 2 rings (SSSR count). The fourth-order valence-corrected chi connectivity index (χ4v) is 2.38. The first kappa shape index (κ1) is 15.7. The number of aromatic nitrogens is 2. The molecule has 1 fully saturated rings. The van der Waals surface area contributed by atoms with Gasteiger partial charge in [-0.2, -0.15) is 0 Å². The Morgan fingerprint density at radius 1 is 1.52 bits per heavy atom. The van der Waals surface area contributed by atoms with E-state index in [1.165, 1.54) is 0 Å². The van der Waals surface area contributed by atoms with Crippen molar-refractivity contribution in [3.63, 3.8) is 0 Å². The Kier molecular flexibility index (Phi) is 5.50. The van der Waals surface area contributed by atoms with Crippen molar-refractivity contribution >= 4 is 12.0 Å². The minimum absolute atomic E-state index is 0.243. The molecule has 0 amide bonds. The molecule has 0 aliphatic carbocycles. The highest BCUT2D eigenvalue weighted by Crippen LogP contribution is 2.16. The second-order valence-electron chi connectivity index (χ2n) is 5.67. The van der Waals surface area contributed by atoms with Gasteiger partial charge in [-0.1, -0.05) is 20.3 Å². The highest BCUT2D eigenvalue weighted by Gasteiger charge is 2.17. The van der Waals surface area contributed by atoms with Gasteiger partial charge in [-0.3, -0.25) is 4.79 Å². The number of nitrogens with zero attached hydrogens (tertiary/aromatic N) is 1. The minimum atomic E-state index is -0.243. The van der Waals surface area contributed by atoms with Crippen molar-refractivity contribution in [2.24, 2.45) is 5.92 Å². The van der Waals surface area contributed by atoms with Gasteiger partial charge in [-0.25, -0.2) is 4.98 Å². The zero-order chi connectivity index (χ0) is 15.2. The first-order valence-corrected chi connectivity index (χ1v) is 7.62. The molecule has 1 aliphatic heterocycles. The van der Waals surface area contributed by atoms with Crippen LogP contribution in [0.4, 0.5) is 5.82 Å². The van der Waals surface area contributed by atoms with Gasteiger partial charge in [0.05, 0.1) is 5.56 Å². The summed E-state index contributed by atoms with van der Waals surface area (Å²) >= 11 is 0. The third kappa shape index (κ3) is 4.14. The summed E-state index contributed by atoms with van der Waals surface area (Å²) in [5.41, 5.74) is 0.0576. The topological polar surface area (TPSA) is 90.9 Å². The molecule has 0 aromatic carbocycles. The van der Waals surface area contributed by atoms with Crippen LogP contribution in [0.2, 0.25) is 0 Å². The molecule has 1 saturated heterocycles. The molecule has 1 unspecified atom stereocenters. The first-order valence-electron chi connectivity index (χ1n) is 7.62. The van der Waals surface area contributed by atoms with Crippen LogP contribution in [0.15, 0.2) is 4.79 Å². The average molecular weight is 292 g/mol. The predicted octanol–water partition coefficient (Wildman–Crippen LogP) is 1.95. The smallest absolute Gasteiger partial charge is 0.261 e. The van der Waals surface area contributed by atoms with Crippen LogP contribution < -0.4 is 10.9 Å². The molecule has 0 bridgehead atoms. The van der Waals surface area contributed by atoms with E-state index < -0.39 is 0 Å². The summed E-state index contributed by atoms with van der Waals surface area (Å²) in [7, 11) is 0. The van der Waals surface area contributed by atoms with Gasteiger partial charge in [0.25, 0.3) is 5.56 Å². The molecule has 1 aliphatic rings. The Morgan fingerprint density at radius 3 is 2.86 bits per heavy atom. The lowest BCUT2D eigenvalue weighted by Crippen LogP contribution is -2.31. The second-order valence-corrected chi connectivity index (χ2v) is 5.67. The third-order valence-electron chi connectivity index (χ3n) is 3.95. The van der Waals surface area contributed by atoms with E-state index in [2.05, 4.69) is 29.1 Å². The lowest BCUT2D eigenvalue weighted by atomic mass is 10.0. The molecule has 116 valence electrons. The molecule has 1 aromatic rings. The van der Waals surface area contributed by atoms with Crippen molar-refractivity contribution in [1.82, 2.24) is 9.97 Å². The van der Waals surface area contributed by atoms with Crippen LogP contribution in [0.3, 0.4) is 0 Å². The Morgan fingerprint density at radius 2 is 2.24 bits per heavy atom. The van der Waals surface area contributed by atoms with Crippen molar-refractivity contribution in [1.29, 1.82) is 5.41 Å². The maximum atomic E-state index is 12.1. The second kappa shape index (κ2) is 7.36. The van der Waals surface area contributed by atoms with E-state index in [-0.39, 0.29) is 11.6 Å². The molecule has 0 spiro atoms. The zero-order valence-corrected chi connectivity index (χ0v) is 12.7. The number of aromatic amines is 1. The van der Waals surface area contributed by atoms with Crippen LogP contribution in [0, 0.1) is 11.3 Å². The Hall–Kier alpha value is -1.69. The molecule has 0 saturated carbocycles. The van der Waals surface area contributed by atoms with Crippen LogP contribution in [0.25, 0.3) is 0 Å². The van der Waals surface area contributed by atoms with Crippen molar-refractivity contribution in [2.75, 3.05) is 18.5 Å². The quantitative estimate of drug-likeness (QED) is 0.699. The van der Waals surface area contributed by atoms with Gasteiger partial charge in [0, 0.05) is 31.9 Å². The van der Waals surface area contributed by atoms with Crippen molar-refractivity contribution < 1.29 is 4.74 Å². The molecule has 6 heteroatoms. The van der Waals surface area contributed by atoms with Crippen LogP contribution in [-0.2, 0) is 11.2 Å². The molecule has 6 nitrogen and oxygen atoms in total. The zero-order valence-electron chi connectivity index (χ0n) is 12.7. The van der Waals surface area contributed by atoms with E-state index in [1.807, 2.05) is 0 Å². The summed E-state index contributed by atoms with van der Waals surface area (Å²) in [4.78, 5) is 19.4. The van der Waals surface area contributed by atoms with E-state index in [0.717, 1.165) is 45.1 Å². The molecule has 21 heavy (non-hydrogen) atoms. The molecular formula is C15H24N4O2. The number of hydrogen-bond donors (Lipinski definition) is 3. The van der Waals surface area contributed by atoms with Gasteiger partial charge in [-0.15, -0.1) is 0 Å². The number of ether oxygens (including phenoxy) is 1. The van der Waals surface area contributed by atoms with Gasteiger partial charge in [0.1, 0.15) is 11.6 Å². The van der Waals surface area contributed by atoms with Crippen LogP contribution in [0.1, 0.15) is 44.5 Å². The number of anilines is 1. The lowest BCUT2D eigenvalue weighted by Gasteiger charge is -2.24. The number of nitrogens with one attached hydrogen (secondary N) is 3. The highest BCUT2D eigenvalue weighted by atomic mass is 16.5. The number of rotatable bonds is 6. The van der Waals surface area contributed by atoms with Gasteiger partial charge in [0.15, 0.2) is 0 Å².